The lowest BCUT2D eigenvalue weighted by molar-refractivity contribution is -0.114. The Morgan fingerprint density at radius 3 is 2.50 bits per heavy atom. The van der Waals surface area contributed by atoms with Crippen molar-refractivity contribution >= 4 is 51.0 Å². The van der Waals surface area contributed by atoms with Crippen LogP contribution in [0, 0.1) is 0 Å². The molecular formula is C34H36BrClN4O3S. The Hall–Kier alpha value is -3.27. The predicted octanol–water partition coefficient (Wildman–Crippen LogP) is 9.14. The number of nitrogens with one attached hydrogen (secondary N) is 1. The first-order valence-electron chi connectivity index (χ1n) is 14.5. The number of anilines is 1. The number of rotatable bonds is 10. The van der Waals surface area contributed by atoms with E-state index in [9.17, 15) is 4.79 Å². The van der Waals surface area contributed by atoms with Gasteiger partial charge in [0, 0.05) is 22.0 Å². The van der Waals surface area contributed by atoms with E-state index >= 15 is 0 Å². The van der Waals surface area contributed by atoms with Gasteiger partial charge in [0.2, 0.25) is 11.1 Å². The zero-order chi connectivity index (χ0) is 31.6. The van der Waals surface area contributed by atoms with Crippen LogP contribution in [0.1, 0.15) is 69.8 Å². The monoisotopic (exact) mass is 694 g/mol. The van der Waals surface area contributed by atoms with E-state index < -0.39 is 6.04 Å². The number of carbonyl (C=O) groups excluding carboxylic acids is 1. The summed E-state index contributed by atoms with van der Waals surface area (Å²) in [6.45, 7) is 12.8. The van der Waals surface area contributed by atoms with Crippen molar-refractivity contribution < 1.29 is 14.3 Å². The smallest absolute Gasteiger partial charge is 0.227 e. The van der Waals surface area contributed by atoms with E-state index in [1.54, 1.807) is 11.6 Å². The molecule has 1 atom stereocenters. The number of Topliss-reactive ketones (excluding diaryl/α,β-unsaturated/α-hetero) is 1. The molecule has 1 aliphatic heterocycles. The zero-order valence-corrected chi connectivity index (χ0v) is 28.9. The second-order valence-electron chi connectivity index (χ2n) is 11.7. The molecule has 1 aliphatic rings. The van der Waals surface area contributed by atoms with Crippen LogP contribution in [-0.4, -0.2) is 27.2 Å². The van der Waals surface area contributed by atoms with Gasteiger partial charge in [0.15, 0.2) is 17.3 Å². The van der Waals surface area contributed by atoms with Gasteiger partial charge in [-0.15, -0.1) is 5.10 Å². The molecule has 0 saturated heterocycles. The number of halogens is 2. The van der Waals surface area contributed by atoms with Crippen LogP contribution in [0.15, 0.2) is 81.6 Å². The molecule has 0 radical (unpaired) electrons. The average molecular weight is 696 g/mol. The van der Waals surface area contributed by atoms with Gasteiger partial charge in [0.05, 0.1) is 11.1 Å². The van der Waals surface area contributed by atoms with Crippen molar-refractivity contribution in [1.82, 2.24) is 14.8 Å². The Balaban J connectivity index is 1.47. The van der Waals surface area contributed by atoms with Gasteiger partial charge in [-0.2, -0.15) is 4.98 Å². The second-order valence-corrected chi connectivity index (χ2v) is 13.9. The van der Waals surface area contributed by atoms with Gasteiger partial charge >= 0.3 is 0 Å². The highest BCUT2D eigenvalue weighted by Gasteiger charge is 2.34. The zero-order valence-electron chi connectivity index (χ0n) is 25.7. The van der Waals surface area contributed by atoms with Crippen molar-refractivity contribution in [3.8, 4) is 11.5 Å². The molecule has 1 N–H and O–H groups in total. The maximum absolute atomic E-state index is 13.0. The number of ketones is 1. The summed E-state index contributed by atoms with van der Waals surface area (Å²) >= 11 is 11.6. The highest BCUT2D eigenvalue weighted by atomic mass is 79.9. The highest BCUT2D eigenvalue weighted by molar-refractivity contribution is 9.10. The van der Waals surface area contributed by atoms with Crippen LogP contribution in [0.3, 0.4) is 0 Å². The first-order chi connectivity index (χ1) is 21.0. The topological polar surface area (TPSA) is 78.3 Å². The number of fused-ring (bicyclic) bond motifs is 1. The Morgan fingerprint density at radius 1 is 1.11 bits per heavy atom. The summed E-state index contributed by atoms with van der Waals surface area (Å²) < 4.78 is 14.9. The lowest BCUT2D eigenvalue weighted by Crippen LogP contribution is -2.28. The summed E-state index contributed by atoms with van der Waals surface area (Å²) in [6.07, 6.45) is 0. The largest absolute Gasteiger partial charge is 0.490 e. The maximum Gasteiger partial charge on any atom is 0.227 e. The van der Waals surface area contributed by atoms with E-state index in [0.717, 1.165) is 26.9 Å². The van der Waals surface area contributed by atoms with Gasteiger partial charge in [-0.1, -0.05) is 86.6 Å². The van der Waals surface area contributed by atoms with Crippen molar-refractivity contribution in [3.05, 3.63) is 104 Å². The predicted molar refractivity (Wildman–Crippen MR) is 181 cm³/mol. The van der Waals surface area contributed by atoms with E-state index in [4.69, 9.17) is 31.2 Å². The minimum Gasteiger partial charge on any atom is -0.490 e. The number of carbonyl (C=O) groups is 1. The molecule has 4 aromatic rings. The van der Waals surface area contributed by atoms with Crippen molar-refractivity contribution in [2.75, 3.05) is 11.9 Å². The van der Waals surface area contributed by atoms with Crippen LogP contribution in [0.25, 0.3) is 0 Å². The molecule has 230 valence electrons. The van der Waals surface area contributed by atoms with Crippen molar-refractivity contribution in [2.24, 2.45) is 0 Å². The average Bonchev–Trinajstić information content (AvgIpc) is 3.37. The number of thioether (sulfide) groups is 1. The van der Waals surface area contributed by atoms with Gasteiger partial charge in [-0.25, -0.2) is 4.68 Å². The molecule has 1 unspecified atom stereocenters. The van der Waals surface area contributed by atoms with Gasteiger partial charge in [-0.05, 0) is 82.6 Å². The van der Waals surface area contributed by atoms with Crippen molar-refractivity contribution in [3.63, 3.8) is 0 Å². The van der Waals surface area contributed by atoms with Crippen LogP contribution in [0.4, 0.5) is 5.95 Å². The molecule has 0 bridgehead atoms. The maximum atomic E-state index is 13.0. The molecule has 5 rings (SSSR count). The number of hydrogen-bond acceptors (Lipinski definition) is 7. The fraction of sp³-hybridized carbons (Fsp3) is 0.324. The number of allylic oxidation sites excluding steroid dienone is 2. The van der Waals surface area contributed by atoms with Gasteiger partial charge < -0.3 is 14.8 Å². The first-order valence-corrected chi connectivity index (χ1v) is 16.6. The van der Waals surface area contributed by atoms with Crippen molar-refractivity contribution in [2.45, 2.75) is 70.5 Å². The van der Waals surface area contributed by atoms with E-state index in [1.807, 2.05) is 50.2 Å². The SMILES string of the molecule is CCOc1cc(C2C(C(C)=O)=C(C)Nc3nc(SCc4ccccc4Cl)nn32)cc(Br)c1OCc1ccc(C(C)(C)C)cc1. The fourth-order valence-electron chi connectivity index (χ4n) is 5.12. The lowest BCUT2D eigenvalue weighted by atomic mass is 9.87. The Kier molecular flexibility index (Phi) is 9.77. The lowest BCUT2D eigenvalue weighted by Gasteiger charge is -2.29. The molecular weight excluding hydrogens is 660 g/mol. The van der Waals surface area contributed by atoms with Crippen LogP contribution in [0.2, 0.25) is 5.02 Å². The Morgan fingerprint density at radius 2 is 1.84 bits per heavy atom. The minimum atomic E-state index is -0.514. The number of aromatic nitrogens is 3. The van der Waals surface area contributed by atoms with Crippen LogP contribution in [0.5, 0.6) is 11.5 Å². The van der Waals surface area contributed by atoms with Gasteiger partial charge in [0.1, 0.15) is 12.6 Å². The Labute approximate surface area is 276 Å². The molecule has 44 heavy (non-hydrogen) atoms. The van der Waals surface area contributed by atoms with Crippen LogP contribution in [-0.2, 0) is 22.6 Å². The second kappa shape index (κ2) is 13.4. The van der Waals surface area contributed by atoms with Gasteiger partial charge in [0.25, 0.3) is 0 Å². The molecule has 7 nitrogen and oxygen atoms in total. The molecule has 0 spiro atoms. The summed E-state index contributed by atoms with van der Waals surface area (Å²) in [4.78, 5) is 17.8. The van der Waals surface area contributed by atoms with E-state index in [0.29, 0.717) is 52.2 Å². The molecule has 0 saturated carbocycles. The Bertz CT molecular complexity index is 1710. The molecule has 2 heterocycles. The van der Waals surface area contributed by atoms with Crippen LogP contribution < -0.4 is 14.8 Å². The first kappa shape index (κ1) is 32.1. The van der Waals surface area contributed by atoms with E-state index in [1.165, 1.54) is 17.3 Å². The minimum absolute atomic E-state index is 0.0560. The summed E-state index contributed by atoms with van der Waals surface area (Å²) in [7, 11) is 0. The summed E-state index contributed by atoms with van der Waals surface area (Å²) in [5.74, 6) is 2.30. The standard InChI is InChI=1S/C34H36BrClN4O3S/c1-7-42-28-17-24(16-26(35)31(28)43-18-22-12-14-25(15-13-22)34(4,5)6)30-29(21(3)41)20(2)37-32-38-33(39-40(30)32)44-19-23-10-8-9-11-27(23)36/h8-17,30H,7,18-19H2,1-6H3,(H,37,38,39). The van der Waals surface area contributed by atoms with E-state index in [-0.39, 0.29) is 11.2 Å². The third kappa shape index (κ3) is 7.00. The summed E-state index contributed by atoms with van der Waals surface area (Å²) in [5, 5.41) is 9.40. The fourth-order valence-corrected chi connectivity index (χ4v) is 6.81. The molecule has 1 aromatic heterocycles. The molecule has 10 heteroatoms. The normalized spacial score (nSPS) is 14.7. The number of hydrogen-bond donors (Lipinski definition) is 1. The third-order valence-corrected chi connectivity index (χ3v) is 9.22. The number of nitrogens with zero attached hydrogens (tertiary/aromatic N) is 3. The quantitative estimate of drug-likeness (QED) is 0.166. The number of ether oxygens (including phenoxy) is 2. The van der Waals surface area contributed by atoms with E-state index in [2.05, 4.69) is 66.3 Å². The molecule has 0 aliphatic carbocycles. The third-order valence-electron chi connectivity index (χ3n) is 7.38. The number of benzene rings is 3. The summed E-state index contributed by atoms with van der Waals surface area (Å²) in [5.41, 5.74) is 5.57. The molecule has 3 aromatic carbocycles. The van der Waals surface area contributed by atoms with Gasteiger partial charge in [-0.3, -0.25) is 4.79 Å². The highest BCUT2D eigenvalue weighted by Crippen LogP contribution is 2.44. The summed E-state index contributed by atoms with van der Waals surface area (Å²) in [6, 6.07) is 19.6. The molecule has 0 fully saturated rings. The van der Waals surface area contributed by atoms with Crippen molar-refractivity contribution in [1.29, 1.82) is 0 Å². The van der Waals surface area contributed by atoms with Crippen LogP contribution >= 0.6 is 39.3 Å². The molecule has 0 amide bonds.